The molecule has 0 saturated carbocycles. The summed E-state index contributed by atoms with van der Waals surface area (Å²) < 4.78 is 0. The maximum Gasteiger partial charge on any atom is 0.318 e. The molecule has 7 nitrogen and oxygen atoms in total. The normalized spacial score (nSPS) is 9.91. The summed E-state index contributed by atoms with van der Waals surface area (Å²) in [6.07, 6.45) is 1.49. The van der Waals surface area contributed by atoms with E-state index < -0.39 is 0 Å². The number of anilines is 2. The average molecular weight is 300 g/mol. The van der Waals surface area contributed by atoms with Gasteiger partial charge in [0.1, 0.15) is 5.69 Å². The lowest BCUT2D eigenvalue weighted by Gasteiger charge is -2.08. The number of aromatic amines is 1. The topological polar surface area (TPSA) is 103 Å². The predicted molar refractivity (Wildman–Crippen MR) is 83.3 cm³/mol. The molecule has 0 aliphatic rings. The van der Waals surface area contributed by atoms with Crippen molar-refractivity contribution < 1.29 is 14.4 Å². The second kappa shape index (κ2) is 6.57. The number of rotatable bonds is 4. The van der Waals surface area contributed by atoms with Crippen LogP contribution in [0.5, 0.6) is 0 Å². The van der Waals surface area contributed by atoms with E-state index in [9.17, 15) is 14.4 Å². The Morgan fingerprint density at radius 1 is 1.05 bits per heavy atom. The molecule has 2 aromatic rings. The highest BCUT2D eigenvalue weighted by Gasteiger charge is 2.11. The van der Waals surface area contributed by atoms with Crippen molar-refractivity contribution in [3.8, 4) is 0 Å². The molecule has 0 spiro atoms. The molecule has 1 aromatic heterocycles. The quantitative estimate of drug-likeness (QED) is 0.651. The first-order chi connectivity index (χ1) is 10.5. The molecule has 0 bridgehead atoms. The number of aromatic nitrogens is 1. The Hall–Kier alpha value is -3.09. The second-order valence-electron chi connectivity index (χ2n) is 4.60. The minimum Gasteiger partial charge on any atom is -0.356 e. The Kier molecular flexibility index (Phi) is 4.57. The molecule has 4 N–H and O–H groups in total. The van der Waals surface area contributed by atoms with Gasteiger partial charge in [-0.25, -0.2) is 4.79 Å². The second-order valence-corrected chi connectivity index (χ2v) is 4.60. The standard InChI is InChI=1S/C15H16N4O3/c1-9(20)10-6-13(17-8-10)14(21)18-11-4-3-5-12(7-11)19-15(22)16-2/h3-8,17H,1-2H3,(H,18,21)(H2,16,19,22). The van der Waals surface area contributed by atoms with Crippen LogP contribution in [-0.2, 0) is 0 Å². The molecule has 3 amide bonds. The number of carbonyl (C=O) groups is 3. The van der Waals surface area contributed by atoms with Gasteiger partial charge in [0.05, 0.1) is 0 Å². The molecule has 0 aliphatic heterocycles. The molecule has 1 aromatic carbocycles. The Bertz CT molecular complexity index is 721. The highest BCUT2D eigenvalue weighted by atomic mass is 16.2. The zero-order valence-corrected chi connectivity index (χ0v) is 12.2. The first-order valence-electron chi connectivity index (χ1n) is 6.59. The van der Waals surface area contributed by atoms with Crippen LogP contribution in [0.2, 0.25) is 0 Å². The molecular formula is C15H16N4O3. The molecule has 2 rings (SSSR count). The Morgan fingerprint density at radius 2 is 1.73 bits per heavy atom. The summed E-state index contributed by atoms with van der Waals surface area (Å²) in [7, 11) is 1.51. The van der Waals surface area contributed by atoms with Gasteiger partial charge in [-0.3, -0.25) is 9.59 Å². The molecule has 22 heavy (non-hydrogen) atoms. The summed E-state index contributed by atoms with van der Waals surface area (Å²) in [4.78, 5) is 37.3. The van der Waals surface area contributed by atoms with Gasteiger partial charge in [0.25, 0.3) is 5.91 Å². The molecule has 1 heterocycles. The third-order valence-corrected chi connectivity index (χ3v) is 2.94. The lowest BCUT2D eigenvalue weighted by Crippen LogP contribution is -2.24. The monoisotopic (exact) mass is 300 g/mol. The fourth-order valence-corrected chi connectivity index (χ4v) is 1.80. The van der Waals surface area contributed by atoms with Crippen LogP contribution in [0.25, 0.3) is 0 Å². The maximum atomic E-state index is 12.1. The van der Waals surface area contributed by atoms with E-state index >= 15 is 0 Å². The number of urea groups is 1. The molecule has 0 radical (unpaired) electrons. The summed E-state index contributed by atoms with van der Waals surface area (Å²) in [5, 5.41) is 7.74. The predicted octanol–water partition coefficient (Wildman–Crippen LogP) is 2.22. The number of H-pyrrole nitrogens is 1. The SMILES string of the molecule is CNC(=O)Nc1cccc(NC(=O)c2cc(C(C)=O)c[nH]2)c1. The van der Waals surface area contributed by atoms with E-state index in [1.54, 1.807) is 24.3 Å². The van der Waals surface area contributed by atoms with E-state index in [1.807, 2.05) is 0 Å². The number of ketones is 1. The van der Waals surface area contributed by atoms with E-state index in [0.29, 0.717) is 16.9 Å². The molecule has 0 unspecified atom stereocenters. The van der Waals surface area contributed by atoms with E-state index in [1.165, 1.54) is 26.2 Å². The third kappa shape index (κ3) is 3.72. The number of Topliss-reactive ketones (excluding diaryl/α,β-unsaturated/α-hetero) is 1. The van der Waals surface area contributed by atoms with Crippen LogP contribution >= 0.6 is 0 Å². The molecule has 7 heteroatoms. The van der Waals surface area contributed by atoms with Crippen molar-refractivity contribution in [2.24, 2.45) is 0 Å². The van der Waals surface area contributed by atoms with E-state index in [0.717, 1.165) is 0 Å². The van der Waals surface area contributed by atoms with Crippen LogP contribution < -0.4 is 16.0 Å². The first kappa shape index (κ1) is 15.3. The van der Waals surface area contributed by atoms with Crippen LogP contribution in [0.4, 0.5) is 16.2 Å². The van der Waals surface area contributed by atoms with Crippen molar-refractivity contribution in [1.82, 2.24) is 10.3 Å². The van der Waals surface area contributed by atoms with Crippen LogP contribution in [0.1, 0.15) is 27.8 Å². The minimum absolute atomic E-state index is 0.118. The van der Waals surface area contributed by atoms with Crippen molar-refractivity contribution in [3.05, 3.63) is 47.8 Å². The summed E-state index contributed by atoms with van der Waals surface area (Å²) in [5.41, 5.74) is 1.81. The van der Waals surface area contributed by atoms with Crippen LogP contribution in [0.15, 0.2) is 36.5 Å². The minimum atomic E-state index is -0.371. The molecule has 0 atom stereocenters. The van der Waals surface area contributed by atoms with E-state index in [4.69, 9.17) is 0 Å². The molecule has 114 valence electrons. The summed E-state index contributed by atoms with van der Waals surface area (Å²) >= 11 is 0. The Balaban J connectivity index is 2.09. The van der Waals surface area contributed by atoms with Gasteiger partial charge >= 0.3 is 6.03 Å². The molecule has 0 aliphatic carbocycles. The van der Waals surface area contributed by atoms with Crippen molar-refractivity contribution in [2.45, 2.75) is 6.92 Å². The number of carbonyl (C=O) groups excluding carboxylic acids is 3. The van der Waals surface area contributed by atoms with Gasteiger partial charge in [0, 0.05) is 30.2 Å². The van der Waals surface area contributed by atoms with Gasteiger partial charge in [-0.1, -0.05) is 6.07 Å². The van der Waals surface area contributed by atoms with Gasteiger partial charge in [-0.05, 0) is 31.2 Å². The van der Waals surface area contributed by atoms with Gasteiger partial charge in [-0.15, -0.1) is 0 Å². The molecule has 0 fully saturated rings. The van der Waals surface area contributed by atoms with Gasteiger partial charge < -0.3 is 20.9 Å². The van der Waals surface area contributed by atoms with Crippen molar-refractivity contribution in [3.63, 3.8) is 0 Å². The summed E-state index contributed by atoms with van der Waals surface area (Å²) in [6.45, 7) is 1.43. The average Bonchev–Trinajstić information content (AvgIpc) is 2.97. The highest BCUT2D eigenvalue weighted by Crippen LogP contribution is 2.16. The van der Waals surface area contributed by atoms with Crippen molar-refractivity contribution in [1.29, 1.82) is 0 Å². The third-order valence-electron chi connectivity index (χ3n) is 2.94. The maximum absolute atomic E-state index is 12.1. The number of hydrogen-bond donors (Lipinski definition) is 4. The van der Waals surface area contributed by atoms with E-state index in [-0.39, 0.29) is 23.4 Å². The fraction of sp³-hybridized carbons (Fsp3) is 0.133. The Labute approximate surface area is 127 Å². The van der Waals surface area contributed by atoms with Gasteiger partial charge in [0.2, 0.25) is 0 Å². The van der Waals surface area contributed by atoms with Gasteiger partial charge in [-0.2, -0.15) is 0 Å². The van der Waals surface area contributed by atoms with Crippen molar-refractivity contribution in [2.75, 3.05) is 17.7 Å². The number of hydrogen-bond acceptors (Lipinski definition) is 3. The lowest BCUT2D eigenvalue weighted by molar-refractivity contribution is 0.101. The lowest BCUT2D eigenvalue weighted by atomic mass is 10.2. The largest absolute Gasteiger partial charge is 0.356 e. The highest BCUT2D eigenvalue weighted by molar-refractivity contribution is 6.05. The zero-order valence-electron chi connectivity index (χ0n) is 12.2. The van der Waals surface area contributed by atoms with E-state index in [2.05, 4.69) is 20.9 Å². The number of amides is 3. The summed E-state index contributed by atoms with van der Waals surface area (Å²) in [6, 6.07) is 7.87. The van der Waals surface area contributed by atoms with Crippen LogP contribution in [0.3, 0.4) is 0 Å². The number of nitrogens with one attached hydrogen (secondary N) is 4. The first-order valence-corrected chi connectivity index (χ1v) is 6.59. The van der Waals surface area contributed by atoms with Gasteiger partial charge in [0.15, 0.2) is 5.78 Å². The summed E-state index contributed by atoms with van der Waals surface area (Å²) in [5.74, 6) is -0.489. The molecule has 0 saturated heterocycles. The smallest absolute Gasteiger partial charge is 0.318 e. The van der Waals surface area contributed by atoms with Crippen molar-refractivity contribution >= 4 is 29.1 Å². The fourth-order valence-electron chi connectivity index (χ4n) is 1.80. The zero-order chi connectivity index (χ0) is 16.1. The molecular weight excluding hydrogens is 284 g/mol. The van der Waals surface area contributed by atoms with Crippen LogP contribution in [0, 0.1) is 0 Å². The number of benzene rings is 1. The van der Waals surface area contributed by atoms with Crippen LogP contribution in [-0.4, -0.2) is 29.8 Å². The Morgan fingerprint density at radius 3 is 2.32 bits per heavy atom.